The molecule has 1 atom stereocenters. The lowest BCUT2D eigenvalue weighted by atomic mass is 9.95. The van der Waals surface area contributed by atoms with Gasteiger partial charge in [-0.25, -0.2) is 4.98 Å². The summed E-state index contributed by atoms with van der Waals surface area (Å²) < 4.78 is 7.50. The van der Waals surface area contributed by atoms with E-state index in [4.69, 9.17) is 4.74 Å². The van der Waals surface area contributed by atoms with Crippen LogP contribution in [0.25, 0.3) is 0 Å². The maximum absolute atomic E-state index is 13.3. The van der Waals surface area contributed by atoms with Gasteiger partial charge in [0.2, 0.25) is 5.95 Å². The molecule has 4 aromatic rings. The molecule has 0 bridgehead atoms. The number of carbonyl (C=O) groups excluding carboxylic acids is 1. The zero-order valence-corrected chi connectivity index (χ0v) is 17.8. The van der Waals surface area contributed by atoms with Crippen LogP contribution in [0, 0.1) is 0 Å². The van der Waals surface area contributed by atoms with Gasteiger partial charge in [-0.2, -0.15) is 4.68 Å². The monoisotopic (exact) mass is 439 g/mol. The van der Waals surface area contributed by atoms with Crippen LogP contribution in [0.2, 0.25) is 0 Å². The number of allylic oxidation sites excluding steroid dienone is 1. The van der Waals surface area contributed by atoms with Gasteiger partial charge in [-0.3, -0.25) is 4.79 Å². The van der Waals surface area contributed by atoms with Crippen LogP contribution in [0.15, 0.2) is 90.3 Å². The number of nitrogens with one attached hydrogen (secondary N) is 2. The first kappa shape index (κ1) is 20.4. The van der Waals surface area contributed by atoms with Crippen LogP contribution in [-0.4, -0.2) is 31.1 Å². The summed E-state index contributed by atoms with van der Waals surface area (Å²) in [5, 5.41) is 17.9. The van der Waals surface area contributed by atoms with Gasteiger partial charge in [-0.1, -0.05) is 53.6 Å². The first-order chi connectivity index (χ1) is 16.2. The van der Waals surface area contributed by atoms with E-state index in [9.17, 15) is 4.79 Å². The van der Waals surface area contributed by atoms with Crippen molar-refractivity contribution in [2.45, 2.75) is 19.6 Å². The van der Waals surface area contributed by atoms with E-state index in [0.29, 0.717) is 29.6 Å². The third kappa shape index (κ3) is 4.29. The fraction of sp³-hybridized carbons (Fsp3) is 0.125. The number of anilines is 2. The molecule has 3 heterocycles. The lowest BCUT2D eigenvalue weighted by Gasteiger charge is -2.28. The van der Waals surface area contributed by atoms with Crippen LogP contribution in [0.3, 0.4) is 0 Å². The minimum Gasteiger partial charge on any atom is -0.489 e. The molecule has 164 valence electrons. The number of nitrogens with zero attached hydrogens (tertiary/aromatic N) is 5. The summed E-state index contributed by atoms with van der Waals surface area (Å²) in [5.41, 5.74) is 3.10. The van der Waals surface area contributed by atoms with Gasteiger partial charge in [0.25, 0.3) is 5.91 Å². The fourth-order valence-electron chi connectivity index (χ4n) is 3.72. The van der Waals surface area contributed by atoms with Crippen molar-refractivity contribution >= 4 is 17.7 Å². The minimum absolute atomic E-state index is 0.283. The van der Waals surface area contributed by atoms with Gasteiger partial charge in [0.1, 0.15) is 24.2 Å². The summed E-state index contributed by atoms with van der Waals surface area (Å²) in [6.07, 6.45) is 1.63. The lowest BCUT2D eigenvalue weighted by molar-refractivity contribution is -0.113. The van der Waals surface area contributed by atoms with Crippen molar-refractivity contribution in [2.75, 3.05) is 10.6 Å². The molecule has 9 nitrogen and oxygen atoms in total. The topological polar surface area (TPSA) is 107 Å². The number of tetrazole rings is 1. The number of amides is 1. The van der Waals surface area contributed by atoms with E-state index in [1.807, 2.05) is 67.6 Å². The second-order valence-electron chi connectivity index (χ2n) is 7.53. The normalized spacial score (nSPS) is 14.9. The zero-order valence-electron chi connectivity index (χ0n) is 17.8. The Morgan fingerprint density at radius 3 is 2.61 bits per heavy atom. The molecule has 33 heavy (non-hydrogen) atoms. The predicted octanol–water partition coefficient (Wildman–Crippen LogP) is 3.57. The van der Waals surface area contributed by atoms with Crippen LogP contribution in [-0.2, 0) is 11.4 Å². The van der Waals surface area contributed by atoms with Crippen LogP contribution in [0.5, 0.6) is 5.75 Å². The van der Waals surface area contributed by atoms with E-state index >= 15 is 0 Å². The molecule has 0 fully saturated rings. The average Bonchev–Trinajstić information content (AvgIpc) is 3.31. The molecule has 0 radical (unpaired) electrons. The first-order valence-electron chi connectivity index (χ1n) is 10.4. The number of pyridine rings is 1. The molecular weight excluding hydrogens is 418 g/mol. The van der Waals surface area contributed by atoms with E-state index in [1.54, 1.807) is 23.0 Å². The minimum atomic E-state index is -0.511. The number of aromatic nitrogens is 5. The highest BCUT2D eigenvalue weighted by atomic mass is 16.5. The highest BCUT2D eigenvalue weighted by Crippen LogP contribution is 2.35. The Bertz CT molecular complexity index is 1290. The van der Waals surface area contributed by atoms with E-state index in [0.717, 1.165) is 16.9 Å². The van der Waals surface area contributed by atoms with E-state index in [-0.39, 0.29) is 5.91 Å². The van der Waals surface area contributed by atoms with Gasteiger partial charge in [-0.15, -0.1) is 0 Å². The summed E-state index contributed by atoms with van der Waals surface area (Å²) in [4.78, 5) is 17.5. The van der Waals surface area contributed by atoms with Crippen LogP contribution >= 0.6 is 0 Å². The third-order valence-corrected chi connectivity index (χ3v) is 5.31. The van der Waals surface area contributed by atoms with Crippen molar-refractivity contribution in [3.8, 4) is 5.75 Å². The molecule has 9 heteroatoms. The average molecular weight is 439 g/mol. The number of hydrogen-bond acceptors (Lipinski definition) is 7. The quantitative estimate of drug-likeness (QED) is 0.473. The van der Waals surface area contributed by atoms with Crippen molar-refractivity contribution in [3.05, 3.63) is 101 Å². The summed E-state index contributed by atoms with van der Waals surface area (Å²) >= 11 is 0. The molecule has 0 aliphatic carbocycles. The number of fused-ring (bicyclic) bond motifs is 1. The molecule has 2 N–H and O–H groups in total. The van der Waals surface area contributed by atoms with Gasteiger partial charge in [-0.05, 0) is 52.7 Å². The maximum Gasteiger partial charge on any atom is 0.257 e. The van der Waals surface area contributed by atoms with Crippen molar-refractivity contribution < 1.29 is 9.53 Å². The third-order valence-electron chi connectivity index (χ3n) is 5.31. The van der Waals surface area contributed by atoms with E-state index in [2.05, 4.69) is 31.1 Å². The number of benzene rings is 2. The van der Waals surface area contributed by atoms with Gasteiger partial charge >= 0.3 is 0 Å². The number of ether oxygens (including phenoxy) is 1. The van der Waals surface area contributed by atoms with Crippen molar-refractivity contribution in [1.82, 2.24) is 25.2 Å². The predicted molar refractivity (Wildman–Crippen MR) is 122 cm³/mol. The summed E-state index contributed by atoms with van der Waals surface area (Å²) in [6, 6.07) is 22.4. The Labute approximate surface area is 190 Å². The molecule has 0 saturated heterocycles. The smallest absolute Gasteiger partial charge is 0.257 e. The number of hydrogen-bond donors (Lipinski definition) is 2. The second-order valence-corrected chi connectivity index (χ2v) is 7.53. The second kappa shape index (κ2) is 8.91. The van der Waals surface area contributed by atoms with Gasteiger partial charge < -0.3 is 15.4 Å². The molecule has 1 amide bonds. The highest BCUT2D eigenvalue weighted by Gasteiger charge is 2.34. The molecule has 0 saturated carbocycles. The van der Waals surface area contributed by atoms with Gasteiger partial charge in [0.15, 0.2) is 0 Å². The Morgan fingerprint density at radius 2 is 1.85 bits per heavy atom. The Kier molecular flexibility index (Phi) is 5.50. The van der Waals surface area contributed by atoms with Crippen molar-refractivity contribution in [2.24, 2.45) is 0 Å². The Hall–Kier alpha value is -4.53. The fourth-order valence-corrected chi connectivity index (χ4v) is 3.72. The molecule has 0 unspecified atom stereocenters. The first-order valence-corrected chi connectivity index (χ1v) is 10.4. The molecule has 5 rings (SSSR count). The molecule has 2 aromatic heterocycles. The van der Waals surface area contributed by atoms with E-state index in [1.165, 1.54) is 0 Å². The standard InChI is InChI=1S/C24H21N7O2/c1-16-21(23(32)27-20-9-5-6-14-25-20)22(31-24(26-16)28-29-30-31)18-10-12-19(13-11-18)33-15-17-7-3-2-4-8-17/h2-14,22H,15H2,1H3,(H,25,27,32)(H,26,28,30)/t22-/m0/s1. The van der Waals surface area contributed by atoms with E-state index < -0.39 is 6.04 Å². The van der Waals surface area contributed by atoms with Crippen molar-refractivity contribution in [3.63, 3.8) is 0 Å². The summed E-state index contributed by atoms with van der Waals surface area (Å²) in [7, 11) is 0. The van der Waals surface area contributed by atoms with Crippen LogP contribution < -0.4 is 15.4 Å². The summed E-state index contributed by atoms with van der Waals surface area (Å²) in [5.74, 6) is 1.38. The number of rotatable bonds is 6. The molecule has 0 spiro atoms. The Morgan fingerprint density at radius 1 is 1.06 bits per heavy atom. The van der Waals surface area contributed by atoms with Gasteiger partial charge in [0, 0.05) is 11.9 Å². The zero-order chi connectivity index (χ0) is 22.6. The SMILES string of the molecule is CC1=C(C(=O)Nc2ccccn2)[C@H](c2ccc(OCc3ccccc3)cc2)n2nnnc2N1. The maximum atomic E-state index is 13.3. The molecule has 1 aliphatic heterocycles. The van der Waals surface area contributed by atoms with Gasteiger partial charge in [0.05, 0.1) is 5.57 Å². The lowest BCUT2D eigenvalue weighted by Crippen LogP contribution is -2.31. The number of carbonyl (C=O) groups is 1. The molecule has 1 aliphatic rings. The van der Waals surface area contributed by atoms with Crippen LogP contribution in [0.1, 0.15) is 24.1 Å². The van der Waals surface area contributed by atoms with Crippen LogP contribution in [0.4, 0.5) is 11.8 Å². The Balaban J connectivity index is 1.42. The largest absolute Gasteiger partial charge is 0.489 e. The summed E-state index contributed by atoms with van der Waals surface area (Å²) in [6.45, 7) is 2.30. The highest BCUT2D eigenvalue weighted by molar-refractivity contribution is 6.05. The van der Waals surface area contributed by atoms with Crippen molar-refractivity contribution in [1.29, 1.82) is 0 Å². The molecular formula is C24H21N7O2. The molecule has 2 aromatic carbocycles.